The quantitative estimate of drug-likeness (QED) is 0.110. The molecule has 720 valence electrons. The van der Waals surface area contributed by atoms with Gasteiger partial charge in [-0.05, 0) is 154 Å². The standard InChI is InChI=1S/2C44H72N8O12/c2*1-49-29-13-5-9-25(17-29)37(57)46-34(22-54)42(62)51(3)31-15-7-11-27(19-31)39(59)48-36(24-56)44(64)52(4)32-16-8-12-28(20-32)40(60)47-35(23-55)43(63)50(2)30-14-6-10-26(18-30)38(58)45-33(21-53)41(49)61/h2*25-36,53-56H,5-24H2,1-4H3,(H,45,58)(H,46,57)(H,47,60)(H,48,59)/t2*25-,26-,27-,28-,29+,30+,31+,32+,33-,34-,35-,36-/m11/s1. The summed E-state index contributed by atoms with van der Waals surface area (Å²) in [5, 5.41) is 104. The van der Waals surface area contributed by atoms with Gasteiger partial charge in [0.05, 0.1) is 52.9 Å². The van der Waals surface area contributed by atoms with Crippen LogP contribution < -0.4 is 42.5 Å². The summed E-state index contributed by atoms with van der Waals surface area (Å²) >= 11 is 0. The fourth-order valence-corrected chi connectivity index (χ4v) is 21.2. The smallest absolute Gasteiger partial charge is 0.247 e. The van der Waals surface area contributed by atoms with Crippen LogP contribution in [0.5, 0.6) is 0 Å². The fraction of sp³-hybridized carbons (Fsp3) is 0.818. The Kier molecular flexibility index (Phi) is 38.9. The number of aliphatic hydroxyl groups is 8. The van der Waals surface area contributed by atoms with E-state index in [4.69, 9.17) is 0 Å². The molecule has 16 bridgehead atoms. The first-order chi connectivity index (χ1) is 61.0. The second-order valence-corrected chi connectivity index (χ2v) is 37.7. The maximum absolute atomic E-state index is 13.8. The molecule has 24 atom stereocenters. The molecule has 40 nitrogen and oxygen atoms in total. The first-order valence-electron chi connectivity index (χ1n) is 46.5. The van der Waals surface area contributed by atoms with Crippen molar-refractivity contribution in [3.63, 3.8) is 0 Å². The van der Waals surface area contributed by atoms with E-state index in [0.717, 1.165) is 0 Å². The van der Waals surface area contributed by atoms with Crippen molar-refractivity contribution in [2.75, 3.05) is 109 Å². The van der Waals surface area contributed by atoms with Gasteiger partial charge in [0.1, 0.15) is 48.3 Å². The number of amides is 16. The van der Waals surface area contributed by atoms with Gasteiger partial charge in [0.25, 0.3) is 0 Å². The molecule has 128 heavy (non-hydrogen) atoms. The van der Waals surface area contributed by atoms with E-state index in [0.29, 0.717) is 154 Å². The molecule has 0 unspecified atom stereocenters. The third-order valence-corrected chi connectivity index (χ3v) is 29.7. The average molecular weight is 1810 g/mol. The fourth-order valence-electron chi connectivity index (χ4n) is 21.2. The molecule has 0 aromatic carbocycles. The molecule has 40 heteroatoms. The minimum absolute atomic E-state index is 0.246. The SMILES string of the molecule is CN1C(=O)[C@@H](CO)NC(=O)[C@@H]2CCC[C@@H](C2)N(C)C(=O)[C@@H](CO)NC(=O)[C@@H]2CCC[C@@H](C2)N(C)C(=O)[C@@H](CO)NC(=O)[C@@H]2CCC[C@@H](C2)N(C)C(=O)[C@@H](CO)NC(=O)[C@@H]2CCC[C@H]1C2.CN1C(=O)[C@@H](CO)NC(=O)[C@@H]2CCC[C@@H](C2)N(C)C(=O)[C@@H](CO)NC(=O)[C@@H]2CCC[C@@H](C2)N(C)C(=O)[C@@H](CO)NC(=O)[C@@H]2CCC[C@@H](C2)N(C)C(=O)[C@@H](CO)NC(=O)[C@@H]2CCC[C@H]1C2. The molecule has 16 amide bonds. The molecule has 0 aromatic heterocycles. The molecule has 16 N–H and O–H groups in total. The zero-order valence-corrected chi connectivity index (χ0v) is 75.8. The van der Waals surface area contributed by atoms with Gasteiger partial charge in [-0.1, -0.05) is 51.4 Å². The highest BCUT2D eigenvalue weighted by Gasteiger charge is 2.47. The Morgan fingerprint density at radius 1 is 0.180 bits per heavy atom. The van der Waals surface area contributed by atoms with E-state index in [1.807, 2.05) is 0 Å². The Hall–Kier alpha value is -8.80. The highest BCUT2D eigenvalue weighted by Crippen LogP contribution is 2.37. The van der Waals surface area contributed by atoms with E-state index < -0.39 is 291 Å². The van der Waals surface area contributed by atoms with Crippen LogP contribution in [-0.2, 0) is 76.7 Å². The molecule has 2 aliphatic heterocycles. The number of carbonyl (C=O) groups excluding carboxylic acids is 16. The summed E-state index contributed by atoms with van der Waals surface area (Å²) < 4.78 is 0. The number of aliphatic hydroxyl groups excluding tert-OH is 8. The number of carbonyl (C=O) groups is 16. The van der Waals surface area contributed by atoms with Gasteiger partial charge in [-0.15, -0.1) is 0 Å². The predicted molar refractivity (Wildman–Crippen MR) is 460 cm³/mol. The maximum atomic E-state index is 13.8. The van der Waals surface area contributed by atoms with Crippen LogP contribution in [0.1, 0.15) is 205 Å². The van der Waals surface area contributed by atoms with Crippen molar-refractivity contribution in [2.24, 2.45) is 47.3 Å². The number of nitrogens with one attached hydrogen (secondary N) is 8. The monoisotopic (exact) mass is 1810 g/mol. The lowest BCUT2D eigenvalue weighted by molar-refractivity contribution is -0.144. The van der Waals surface area contributed by atoms with Crippen LogP contribution in [0.2, 0.25) is 0 Å². The van der Waals surface area contributed by atoms with Crippen LogP contribution >= 0.6 is 0 Å². The Bertz CT molecular complexity index is 3160. The number of rotatable bonds is 8. The Labute approximate surface area is 749 Å². The van der Waals surface area contributed by atoms with Gasteiger partial charge in [-0.25, -0.2) is 0 Å². The van der Waals surface area contributed by atoms with Crippen LogP contribution in [0.4, 0.5) is 0 Å². The highest BCUT2D eigenvalue weighted by atomic mass is 16.3. The lowest BCUT2D eigenvalue weighted by atomic mass is 9.83. The molecule has 10 rings (SSSR count). The van der Waals surface area contributed by atoms with Gasteiger partial charge in [0.2, 0.25) is 94.5 Å². The third-order valence-electron chi connectivity index (χ3n) is 29.7. The van der Waals surface area contributed by atoms with Crippen molar-refractivity contribution in [3.05, 3.63) is 0 Å². The lowest BCUT2D eigenvalue weighted by Gasteiger charge is -2.39. The van der Waals surface area contributed by atoms with E-state index in [-0.39, 0.29) is 51.4 Å². The molecule has 8 aliphatic carbocycles. The normalized spacial score (nSPS) is 35.4. The van der Waals surface area contributed by atoms with Crippen molar-refractivity contribution < 1.29 is 118 Å². The van der Waals surface area contributed by atoms with E-state index in [1.165, 1.54) is 39.2 Å². The average Bonchev–Trinajstić information content (AvgIpc) is 0.825. The number of likely N-dealkylation sites (N-methyl/N-ethyl adjacent to an activating group) is 8. The third kappa shape index (κ3) is 25.9. The Balaban J connectivity index is 0.000000289. The molecule has 0 radical (unpaired) electrons. The van der Waals surface area contributed by atoms with Gasteiger partial charge in [0, 0.05) is 152 Å². The lowest BCUT2D eigenvalue weighted by Crippen LogP contribution is -2.57. The van der Waals surface area contributed by atoms with Gasteiger partial charge in [-0.2, -0.15) is 0 Å². The van der Waals surface area contributed by atoms with Crippen LogP contribution in [0.15, 0.2) is 0 Å². The number of fused-ring (bicyclic) bond motifs is 16. The van der Waals surface area contributed by atoms with Crippen molar-refractivity contribution in [1.29, 1.82) is 0 Å². The van der Waals surface area contributed by atoms with Crippen LogP contribution in [0.3, 0.4) is 0 Å². The molecule has 2 heterocycles. The van der Waals surface area contributed by atoms with Crippen molar-refractivity contribution in [2.45, 2.75) is 302 Å². The predicted octanol–water partition coefficient (Wildman–Crippen LogP) is -4.05. The molecular formula is C88H144N16O24. The van der Waals surface area contributed by atoms with E-state index in [2.05, 4.69) is 42.5 Å². The minimum atomic E-state index is -1.26. The summed E-state index contributed by atoms with van der Waals surface area (Å²) in [7, 11) is 12.5. The molecule has 0 aromatic rings. The zero-order chi connectivity index (χ0) is 93.7. The second kappa shape index (κ2) is 48.4. The van der Waals surface area contributed by atoms with E-state index in [1.54, 1.807) is 56.4 Å². The summed E-state index contributed by atoms with van der Waals surface area (Å²) in [4.78, 5) is 231. The Morgan fingerprint density at radius 3 is 0.359 bits per heavy atom. The molecule has 0 spiro atoms. The maximum Gasteiger partial charge on any atom is 0.247 e. The molecule has 10 aliphatic rings. The summed E-state index contributed by atoms with van der Waals surface area (Å²) in [5.41, 5.74) is 0. The zero-order valence-electron chi connectivity index (χ0n) is 75.8. The van der Waals surface area contributed by atoms with Crippen molar-refractivity contribution >= 4 is 94.5 Å². The first kappa shape index (κ1) is 103. The summed E-state index contributed by atoms with van der Waals surface area (Å²) in [6, 6.07) is -13.5. The minimum Gasteiger partial charge on any atom is -0.394 e. The summed E-state index contributed by atoms with van der Waals surface area (Å²) in [5.74, 6) is -12.7. The molecule has 10 fully saturated rings. The molecule has 2 saturated heterocycles. The largest absolute Gasteiger partial charge is 0.394 e. The van der Waals surface area contributed by atoms with Crippen molar-refractivity contribution in [1.82, 2.24) is 81.7 Å². The summed E-state index contributed by atoms with van der Waals surface area (Å²) in [6.07, 6.45) is 14.9. The van der Waals surface area contributed by atoms with Crippen LogP contribution in [0, 0.1) is 47.3 Å². The summed E-state index contributed by atoms with van der Waals surface area (Å²) in [6.45, 7) is -5.37. The van der Waals surface area contributed by atoms with Crippen LogP contribution in [0.25, 0.3) is 0 Å². The molecule has 8 saturated carbocycles. The Morgan fingerprint density at radius 2 is 0.273 bits per heavy atom. The second-order valence-electron chi connectivity index (χ2n) is 37.7. The van der Waals surface area contributed by atoms with E-state index in [9.17, 15) is 118 Å². The van der Waals surface area contributed by atoms with Gasteiger partial charge in [-0.3, -0.25) is 76.7 Å². The molecular weight excluding hydrogens is 1670 g/mol. The van der Waals surface area contributed by atoms with E-state index >= 15 is 0 Å². The van der Waals surface area contributed by atoms with Gasteiger partial charge in [0.15, 0.2) is 0 Å². The number of hydrogen-bond acceptors (Lipinski definition) is 24. The van der Waals surface area contributed by atoms with Gasteiger partial charge >= 0.3 is 0 Å². The van der Waals surface area contributed by atoms with Crippen molar-refractivity contribution in [3.8, 4) is 0 Å². The number of nitrogens with zero attached hydrogens (tertiary/aromatic N) is 8. The topological polar surface area (TPSA) is 557 Å². The van der Waals surface area contributed by atoms with Crippen LogP contribution in [-0.4, -0.2) is 380 Å². The van der Waals surface area contributed by atoms with Gasteiger partial charge < -0.3 is 123 Å². The number of hydrogen-bond donors (Lipinski definition) is 16. The first-order valence-corrected chi connectivity index (χ1v) is 46.5. The highest BCUT2D eigenvalue weighted by molar-refractivity contribution is 5.95.